The molecule has 0 bridgehead atoms. The highest BCUT2D eigenvalue weighted by molar-refractivity contribution is 5.15. The van der Waals surface area contributed by atoms with Gasteiger partial charge < -0.3 is 0 Å². The number of allylic oxidation sites excluding steroid dienone is 3. The van der Waals surface area contributed by atoms with E-state index in [0.29, 0.717) is 5.41 Å². The van der Waals surface area contributed by atoms with Crippen molar-refractivity contribution >= 4 is 0 Å². The summed E-state index contributed by atoms with van der Waals surface area (Å²) in [5.74, 6) is 0. The van der Waals surface area contributed by atoms with Crippen LogP contribution in [0.4, 0.5) is 0 Å². The Kier molecular flexibility index (Phi) is 3.41. The monoisotopic (exact) mass is 138 g/mol. The molecule has 0 unspecified atom stereocenters. The average molecular weight is 138 g/mol. The summed E-state index contributed by atoms with van der Waals surface area (Å²) in [5, 5.41) is 0. The third-order valence-electron chi connectivity index (χ3n) is 1.85. The maximum absolute atomic E-state index is 3.71. The fourth-order valence-corrected chi connectivity index (χ4v) is 0.777. The lowest BCUT2D eigenvalue weighted by Crippen LogP contribution is -2.04. The van der Waals surface area contributed by atoms with E-state index in [1.165, 1.54) is 12.0 Å². The first-order valence-corrected chi connectivity index (χ1v) is 3.83. The van der Waals surface area contributed by atoms with Crippen LogP contribution in [0.3, 0.4) is 0 Å². The Labute approximate surface area is 64.6 Å². The van der Waals surface area contributed by atoms with Gasteiger partial charge in [0.25, 0.3) is 0 Å². The van der Waals surface area contributed by atoms with Gasteiger partial charge in [-0.25, -0.2) is 0 Å². The Morgan fingerprint density at radius 2 is 2.00 bits per heavy atom. The van der Waals surface area contributed by atoms with E-state index in [-0.39, 0.29) is 0 Å². The van der Waals surface area contributed by atoms with E-state index in [1.54, 1.807) is 0 Å². The van der Waals surface area contributed by atoms with Gasteiger partial charge in [-0.2, -0.15) is 0 Å². The largest absolute Gasteiger partial charge is 0.0988 e. The second kappa shape index (κ2) is 3.60. The first-order chi connectivity index (χ1) is 4.52. The lowest BCUT2D eigenvalue weighted by molar-refractivity contribution is 0.460. The summed E-state index contributed by atoms with van der Waals surface area (Å²) in [6.07, 6.45) is 5.34. The summed E-state index contributed by atoms with van der Waals surface area (Å²) in [4.78, 5) is 0. The third kappa shape index (κ3) is 3.49. The highest BCUT2D eigenvalue weighted by Crippen LogP contribution is 2.23. The van der Waals surface area contributed by atoms with Crippen molar-refractivity contribution in [1.29, 1.82) is 0 Å². The van der Waals surface area contributed by atoms with E-state index in [9.17, 15) is 0 Å². The van der Waals surface area contributed by atoms with E-state index in [2.05, 4.69) is 40.3 Å². The van der Waals surface area contributed by atoms with Crippen LogP contribution in [0.5, 0.6) is 0 Å². The van der Waals surface area contributed by atoms with Gasteiger partial charge in [0.1, 0.15) is 0 Å². The Morgan fingerprint density at radius 3 is 2.30 bits per heavy atom. The summed E-state index contributed by atoms with van der Waals surface area (Å²) in [6.45, 7) is 12.5. The molecule has 58 valence electrons. The molecule has 0 heterocycles. The minimum atomic E-state index is 0.332. The molecule has 0 aliphatic carbocycles. The minimum Gasteiger partial charge on any atom is -0.0988 e. The molecule has 0 saturated carbocycles. The molecule has 0 aliphatic rings. The fraction of sp³-hybridized carbons (Fsp3) is 0.600. The second-order valence-electron chi connectivity index (χ2n) is 3.43. The predicted octanol–water partition coefficient (Wildman–Crippen LogP) is 3.55. The molecule has 0 aromatic heterocycles. The summed E-state index contributed by atoms with van der Waals surface area (Å²) in [5.41, 5.74) is 1.60. The van der Waals surface area contributed by atoms with Crippen molar-refractivity contribution in [3.63, 3.8) is 0 Å². The Balaban J connectivity index is 4.22. The summed E-state index contributed by atoms with van der Waals surface area (Å²) in [7, 11) is 0. The molecule has 0 heteroatoms. The van der Waals surface area contributed by atoms with Crippen LogP contribution in [0.1, 0.15) is 34.1 Å². The van der Waals surface area contributed by atoms with Crippen molar-refractivity contribution in [2.45, 2.75) is 34.1 Å². The van der Waals surface area contributed by atoms with Crippen LogP contribution in [0, 0.1) is 5.41 Å². The molecule has 10 heavy (non-hydrogen) atoms. The summed E-state index contributed by atoms with van der Waals surface area (Å²) < 4.78 is 0. The normalized spacial score (nSPS) is 13.4. The lowest BCUT2D eigenvalue weighted by Gasteiger charge is -2.17. The van der Waals surface area contributed by atoms with Crippen LogP contribution in [0.15, 0.2) is 24.3 Å². The van der Waals surface area contributed by atoms with Crippen LogP contribution >= 0.6 is 0 Å². The Hall–Kier alpha value is -0.520. The van der Waals surface area contributed by atoms with Gasteiger partial charge in [-0.05, 0) is 18.8 Å². The van der Waals surface area contributed by atoms with Gasteiger partial charge in [-0.15, -0.1) is 0 Å². The van der Waals surface area contributed by atoms with Gasteiger partial charge in [0.2, 0.25) is 0 Å². The van der Waals surface area contributed by atoms with Crippen LogP contribution in [0.2, 0.25) is 0 Å². The molecule has 0 amide bonds. The van der Waals surface area contributed by atoms with E-state index in [1.807, 2.05) is 6.08 Å². The lowest BCUT2D eigenvalue weighted by atomic mass is 9.88. The quantitative estimate of drug-likeness (QED) is 0.523. The molecule has 0 atom stereocenters. The highest BCUT2D eigenvalue weighted by Gasteiger charge is 2.09. The third-order valence-corrected chi connectivity index (χ3v) is 1.85. The van der Waals surface area contributed by atoms with Gasteiger partial charge in [-0.1, -0.05) is 45.1 Å². The first kappa shape index (κ1) is 9.48. The smallest absolute Gasteiger partial charge is 0.0172 e. The average Bonchev–Trinajstić information content (AvgIpc) is 1.87. The van der Waals surface area contributed by atoms with Crippen molar-refractivity contribution < 1.29 is 0 Å². The van der Waals surface area contributed by atoms with Crippen molar-refractivity contribution in [1.82, 2.24) is 0 Å². The minimum absolute atomic E-state index is 0.332. The van der Waals surface area contributed by atoms with E-state index in [4.69, 9.17) is 0 Å². The standard InChI is InChI=1S/C10H18/c1-6-9(3)8-10(4,5)7-2/h6,8H,1,7H2,2-5H3. The van der Waals surface area contributed by atoms with E-state index in [0.717, 1.165) is 0 Å². The molecule has 0 aliphatic heterocycles. The Morgan fingerprint density at radius 1 is 1.50 bits per heavy atom. The van der Waals surface area contributed by atoms with Crippen LogP contribution in [-0.2, 0) is 0 Å². The topological polar surface area (TPSA) is 0 Å². The summed E-state index contributed by atoms with van der Waals surface area (Å²) >= 11 is 0. The molecule has 0 radical (unpaired) electrons. The zero-order valence-corrected chi connectivity index (χ0v) is 7.57. The summed E-state index contributed by atoms with van der Waals surface area (Å²) in [6, 6.07) is 0. The molecular weight excluding hydrogens is 120 g/mol. The van der Waals surface area contributed by atoms with Crippen molar-refractivity contribution in [2.75, 3.05) is 0 Å². The van der Waals surface area contributed by atoms with Gasteiger partial charge in [0, 0.05) is 0 Å². The Bertz CT molecular complexity index is 138. The highest BCUT2D eigenvalue weighted by atomic mass is 14.1. The molecule has 0 spiro atoms. The maximum atomic E-state index is 3.71. The molecule has 0 nitrogen and oxygen atoms in total. The van der Waals surface area contributed by atoms with E-state index >= 15 is 0 Å². The maximum Gasteiger partial charge on any atom is -0.0172 e. The molecule has 0 aromatic rings. The van der Waals surface area contributed by atoms with Crippen molar-refractivity contribution in [2.24, 2.45) is 5.41 Å². The fourth-order valence-electron chi connectivity index (χ4n) is 0.777. The number of hydrogen-bond donors (Lipinski definition) is 0. The second-order valence-corrected chi connectivity index (χ2v) is 3.43. The molecule has 0 saturated heterocycles. The molecule has 0 aromatic carbocycles. The predicted molar refractivity (Wildman–Crippen MR) is 48.0 cm³/mol. The molecular formula is C10H18. The molecule has 0 N–H and O–H groups in total. The van der Waals surface area contributed by atoms with Crippen LogP contribution in [0.25, 0.3) is 0 Å². The molecule has 0 rings (SSSR count). The van der Waals surface area contributed by atoms with Gasteiger partial charge in [0.15, 0.2) is 0 Å². The van der Waals surface area contributed by atoms with Crippen LogP contribution in [-0.4, -0.2) is 0 Å². The van der Waals surface area contributed by atoms with Crippen molar-refractivity contribution in [3.05, 3.63) is 24.3 Å². The number of hydrogen-bond acceptors (Lipinski definition) is 0. The van der Waals surface area contributed by atoms with Crippen LogP contribution < -0.4 is 0 Å². The molecule has 0 fully saturated rings. The SMILES string of the molecule is C=CC(C)=CC(C)(C)CC. The van der Waals surface area contributed by atoms with Gasteiger partial charge in [0.05, 0.1) is 0 Å². The van der Waals surface area contributed by atoms with Gasteiger partial charge in [-0.3, -0.25) is 0 Å². The zero-order chi connectivity index (χ0) is 8.20. The zero-order valence-electron chi connectivity index (χ0n) is 7.57. The number of rotatable bonds is 3. The van der Waals surface area contributed by atoms with Crippen molar-refractivity contribution in [3.8, 4) is 0 Å². The van der Waals surface area contributed by atoms with E-state index < -0.39 is 0 Å². The van der Waals surface area contributed by atoms with Gasteiger partial charge >= 0.3 is 0 Å². The first-order valence-electron chi connectivity index (χ1n) is 3.83.